The Kier molecular flexibility index (Phi) is 4.63. The highest BCUT2D eigenvalue weighted by Gasteiger charge is 2.32. The molecule has 1 aliphatic carbocycles. The van der Waals surface area contributed by atoms with Crippen molar-refractivity contribution >= 4 is 30.1 Å². The summed E-state index contributed by atoms with van der Waals surface area (Å²) in [5, 5.41) is 11.9. The van der Waals surface area contributed by atoms with Crippen molar-refractivity contribution in [2.75, 3.05) is 18.5 Å². The lowest BCUT2D eigenvalue weighted by molar-refractivity contribution is 0.249. The van der Waals surface area contributed by atoms with E-state index in [0.717, 1.165) is 41.0 Å². The lowest BCUT2D eigenvalue weighted by Gasteiger charge is -2.17. The summed E-state index contributed by atoms with van der Waals surface area (Å²) < 4.78 is 28.7. The van der Waals surface area contributed by atoms with Gasteiger partial charge in [-0.15, -0.1) is 10.2 Å². The van der Waals surface area contributed by atoms with Gasteiger partial charge in [-0.05, 0) is 50.3 Å². The molecule has 0 amide bonds. The van der Waals surface area contributed by atoms with Gasteiger partial charge in [-0.2, -0.15) is 0 Å². The van der Waals surface area contributed by atoms with Gasteiger partial charge in [0.05, 0.1) is 19.1 Å². The number of nitrogens with one attached hydrogen (secondary N) is 1. The number of allylic oxidation sites excluding steroid dienone is 2. The van der Waals surface area contributed by atoms with Gasteiger partial charge in [0, 0.05) is 34.9 Å². The van der Waals surface area contributed by atoms with Crippen LogP contribution in [0.25, 0.3) is 11.2 Å². The van der Waals surface area contributed by atoms with Gasteiger partial charge in [-0.3, -0.25) is 9.39 Å². The fraction of sp³-hybridized carbons (Fsp3) is 0.333. The van der Waals surface area contributed by atoms with Crippen LogP contribution in [-0.4, -0.2) is 40.9 Å². The highest BCUT2D eigenvalue weighted by atomic mass is 19.1. The van der Waals surface area contributed by atoms with E-state index in [0.29, 0.717) is 48.5 Å². The van der Waals surface area contributed by atoms with Crippen molar-refractivity contribution in [2.45, 2.75) is 32.2 Å². The largest absolute Gasteiger partial charge is 0.493 e. The van der Waals surface area contributed by atoms with Crippen LogP contribution in [-0.2, 0) is 6.54 Å². The van der Waals surface area contributed by atoms with Crippen LogP contribution in [0, 0.1) is 11.7 Å². The standard InChI is InChI=1S/C24H23FN6O2/c1-13(22(14-3-4-14)28-11-26-2)16-7-20-24(31-12-29-30-23(16)31)27-8-17-18(25)5-6-19-21(17)15(9-32-19)10-33-20/h5-7,11-12,14-15,27H,2-4,8-10H2,1H3/b22-13+,28-11?/t15-/m1/s1. The maximum absolute atomic E-state index is 14.8. The normalized spacial score (nSPS) is 20.0. The number of benzene rings is 1. The smallest absolute Gasteiger partial charge is 0.170 e. The highest BCUT2D eigenvalue weighted by Crippen LogP contribution is 2.44. The molecular formula is C24H23FN6O2. The van der Waals surface area contributed by atoms with Gasteiger partial charge in [-0.25, -0.2) is 9.38 Å². The summed E-state index contributed by atoms with van der Waals surface area (Å²) in [6, 6.07) is 5.13. The van der Waals surface area contributed by atoms with Gasteiger partial charge in [-0.1, -0.05) is 0 Å². The summed E-state index contributed by atoms with van der Waals surface area (Å²) in [5.41, 5.74) is 5.04. The molecule has 3 aliphatic rings. The summed E-state index contributed by atoms with van der Waals surface area (Å²) in [4.78, 5) is 8.34. The van der Waals surface area contributed by atoms with Gasteiger partial charge in [0.25, 0.3) is 0 Å². The van der Waals surface area contributed by atoms with Crippen molar-refractivity contribution in [3.8, 4) is 11.5 Å². The Morgan fingerprint density at radius 1 is 1.27 bits per heavy atom. The molecule has 1 N–H and O–H groups in total. The molecule has 1 fully saturated rings. The SMILES string of the molecule is C=NC=N/C(=C(\C)c1cc2c(n3cnnc13)NCc1c(F)ccc3c1[C@H](CO3)CO2)C1CC1. The monoisotopic (exact) mass is 446 g/mol. The van der Waals surface area contributed by atoms with E-state index in [9.17, 15) is 4.39 Å². The molecule has 0 bridgehead atoms. The minimum absolute atomic E-state index is 0.0413. The number of halogens is 1. The minimum atomic E-state index is -0.252. The number of aromatic nitrogens is 3. The van der Waals surface area contributed by atoms with E-state index in [-0.39, 0.29) is 11.7 Å². The average molecular weight is 446 g/mol. The van der Waals surface area contributed by atoms with Gasteiger partial charge >= 0.3 is 0 Å². The Morgan fingerprint density at radius 3 is 2.88 bits per heavy atom. The van der Waals surface area contributed by atoms with E-state index in [1.165, 1.54) is 12.4 Å². The Hall–Kier alpha value is -3.75. The van der Waals surface area contributed by atoms with E-state index >= 15 is 0 Å². The number of aliphatic imine (C=N–C) groups is 2. The molecule has 0 radical (unpaired) electrons. The highest BCUT2D eigenvalue weighted by molar-refractivity contribution is 5.81. The number of hydrogen-bond acceptors (Lipinski definition) is 6. The van der Waals surface area contributed by atoms with E-state index in [1.54, 1.807) is 12.4 Å². The molecule has 0 spiro atoms. The van der Waals surface area contributed by atoms with E-state index < -0.39 is 0 Å². The molecule has 8 nitrogen and oxygen atoms in total. The lowest BCUT2D eigenvalue weighted by Crippen LogP contribution is -2.13. The molecule has 2 aromatic heterocycles. The van der Waals surface area contributed by atoms with E-state index in [4.69, 9.17) is 9.47 Å². The van der Waals surface area contributed by atoms with Crippen LogP contribution in [0.15, 0.2) is 40.2 Å². The molecule has 1 saturated carbocycles. The second-order valence-electron chi connectivity index (χ2n) is 8.62. The summed E-state index contributed by atoms with van der Waals surface area (Å²) in [6.45, 7) is 6.69. The van der Waals surface area contributed by atoms with Crippen molar-refractivity contribution in [2.24, 2.45) is 15.9 Å². The molecule has 2 aliphatic heterocycles. The van der Waals surface area contributed by atoms with Crippen LogP contribution in [0.2, 0.25) is 0 Å². The molecule has 1 aromatic carbocycles. The number of pyridine rings is 1. The molecule has 3 aromatic rings. The molecule has 33 heavy (non-hydrogen) atoms. The molecular weight excluding hydrogens is 423 g/mol. The number of anilines is 1. The molecule has 4 heterocycles. The molecule has 1 atom stereocenters. The Bertz CT molecular complexity index is 1340. The van der Waals surface area contributed by atoms with Crippen molar-refractivity contribution in [1.82, 2.24) is 14.6 Å². The first-order valence-corrected chi connectivity index (χ1v) is 11.0. The second-order valence-corrected chi connectivity index (χ2v) is 8.62. The van der Waals surface area contributed by atoms with Crippen LogP contribution in [0.1, 0.15) is 42.4 Å². The third-order valence-electron chi connectivity index (χ3n) is 6.55. The lowest BCUT2D eigenvalue weighted by atomic mass is 9.96. The Morgan fingerprint density at radius 2 is 2.09 bits per heavy atom. The van der Waals surface area contributed by atoms with Gasteiger partial charge < -0.3 is 14.8 Å². The summed E-state index contributed by atoms with van der Waals surface area (Å²) >= 11 is 0. The minimum Gasteiger partial charge on any atom is -0.493 e. The molecule has 168 valence electrons. The molecule has 9 heteroatoms. The van der Waals surface area contributed by atoms with E-state index in [2.05, 4.69) is 32.2 Å². The van der Waals surface area contributed by atoms with Gasteiger partial charge in [0.1, 0.15) is 24.2 Å². The van der Waals surface area contributed by atoms with Crippen molar-refractivity contribution < 1.29 is 13.9 Å². The Balaban J connectivity index is 1.49. The van der Waals surface area contributed by atoms with Crippen LogP contribution in [0.3, 0.4) is 0 Å². The summed E-state index contributed by atoms with van der Waals surface area (Å²) in [7, 11) is 0. The fourth-order valence-electron chi connectivity index (χ4n) is 4.77. The third-order valence-corrected chi connectivity index (χ3v) is 6.55. The predicted molar refractivity (Wildman–Crippen MR) is 124 cm³/mol. The van der Waals surface area contributed by atoms with Crippen molar-refractivity contribution in [3.05, 3.63) is 52.7 Å². The van der Waals surface area contributed by atoms with Crippen LogP contribution < -0.4 is 14.8 Å². The number of rotatable bonds is 4. The zero-order valence-corrected chi connectivity index (χ0v) is 18.2. The van der Waals surface area contributed by atoms with Crippen molar-refractivity contribution in [3.63, 3.8) is 0 Å². The van der Waals surface area contributed by atoms with Crippen molar-refractivity contribution in [1.29, 1.82) is 0 Å². The van der Waals surface area contributed by atoms with E-state index in [1.807, 2.05) is 17.4 Å². The maximum Gasteiger partial charge on any atom is 0.170 e. The summed E-state index contributed by atoms with van der Waals surface area (Å²) in [5.74, 6) is 2.18. The number of nitrogens with zero attached hydrogens (tertiary/aromatic N) is 5. The zero-order chi connectivity index (χ0) is 22.5. The predicted octanol–water partition coefficient (Wildman–Crippen LogP) is 4.22. The van der Waals surface area contributed by atoms with Crippen LogP contribution in [0.5, 0.6) is 11.5 Å². The number of ether oxygens (including phenoxy) is 2. The first-order valence-electron chi connectivity index (χ1n) is 11.0. The second kappa shape index (κ2) is 7.68. The van der Waals surface area contributed by atoms with Crippen LogP contribution >= 0.6 is 0 Å². The topological polar surface area (TPSA) is 85.4 Å². The first kappa shape index (κ1) is 19.9. The Labute approximate surface area is 189 Å². The summed E-state index contributed by atoms with van der Waals surface area (Å²) in [6.07, 6.45) is 5.32. The van der Waals surface area contributed by atoms with Crippen LogP contribution in [0.4, 0.5) is 10.2 Å². The maximum atomic E-state index is 14.8. The fourth-order valence-corrected chi connectivity index (χ4v) is 4.77. The quantitative estimate of drug-likeness (QED) is 0.479. The zero-order valence-electron chi connectivity index (χ0n) is 18.2. The average Bonchev–Trinajstić information content (AvgIpc) is 3.36. The third kappa shape index (κ3) is 3.26. The number of fused-ring (bicyclic) bond motifs is 3. The molecule has 0 unspecified atom stereocenters. The molecule has 6 rings (SSSR count). The van der Waals surface area contributed by atoms with Gasteiger partial charge in [0.2, 0.25) is 0 Å². The first-order chi connectivity index (χ1) is 16.2. The number of hydrogen-bond donors (Lipinski definition) is 1. The van der Waals surface area contributed by atoms with Gasteiger partial charge in [0.15, 0.2) is 17.2 Å². The molecule has 0 saturated heterocycles.